The second-order valence-electron chi connectivity index (χ2n) is 8.82. The normalized spacial score (nSPS) is 20.7. The fourth-order valence-electron chi connectivity index (χ4n) is 5.07. The average molecular weight is 465 g/mol. The van der Waals surface area contributed by atoms with Gasteiger partial charge in [-0.1, -0.05) is 0 Å². The summed E-state index contributed by atoms with van der Waals surface area (Å²) in [6, 6.07) is 11.9. The van der Waals surface area contributed by atoms with Crippen molar-refractivity contribution in [1.29, 1.82) is 0 Å². The van der Waals surface area contributed by atoms with Gasteiger partial charge in [0, 0.05) is 36.7 Å². The van der Waals surface area contributed by atoms with Crippen LogP contribution in [0.3, 0.4) is 0 Å². The van der Waals surface area contributed by atoms with Crippen molar-refractivity contribution in [3.63, 3.8) is 0 Å². The van der Waals surface area contributed by atoms with Crippen LogP contribution in [-0.4, -0.2) is 49.6 Å². The monoisotopic (exact) mass is 465 g/mol. The molecule has 6 rings (SSSR count). The van der Waals surface area contributed by atoms with Crippen LogP contribution < -0.4 is 25.2 Å². The van der Waals surface area contributed by atoms with E-state index in [1.807, 2.05) is 6.07 Å². The van der Waals surface area contributed by atoms with Crippen molar-refractivity contribution in [1.82, 2.24) is 9.88 Å². The third-order valence-electron chi connectivity index (χ3n) is 6.69. The number of carbonyl (C=O) groups is 1. The highest BCUT2D eigenvalue weighted by atomic mass is 19.1. The van der Waals surface area contributed by atoms with Crippen molar-refractivity contribution in [2.24, 2.45) is 0 Å². The molecule has 176 valence electrons. The average Bonchev–Trinajstić information content (AvgIpc) is 3.42. The Hall–Kier alpha value is -3.59. The van der Waals surface area contributed by atoms with Crippen molar-refractivity contribution in [3.05, 3.63) is 64.2 Å². The van der Waals surface area contributed by atoms with E-state index in [9.17, 15) is 14.0 Å². The predicted octanol–water partition coefficient (Wildman–Crippen LogP) is 3.01. The first-order valence-electron chi connectivity index (χ1n) is 11.5. The zero-order valence-electron chi connectivity index (χ0n) is 18.5. The van der Waals surface area contributed by atoms with Crippen molar-refractivity contribution in [2.75, 3.05) is 37.7 Å². The Morgan fingerprint density at radius 3 is 2.71 bits per heavy atom. The highest BCUT2D eigenvalue weighted by molar-refractivity contribution is 5.90. The third-order valence-corrected chi connectivity index (χ3v) is 6.69. The van der Waals surface area contributed by atoms with Gasteiger partial charge in [-0.3, -0.25) is 9.69 Å². The standard InChI is InChI=1S/C25H24FN3O5/c26-19-4-1-15-2-6-22(30)29-13-16(23(19)24(15)29)12-27-8-7-18-14-28(25(31)34-18)17-3-5-20-21(11-17)33-10-9-32-20/h1-6,11,16,18,27H,7-10,12-14H2/t16?,18-/m0/s1. The van der Waals surface area contributed by atoms with Gasteiger partial charge in [-0.05, 0) is 48.7 Å². The van der Waals surface area contributed by atoms with Gasteiger partial charge in [0.1, 0.15) is 25.1 Å². The Morgan fingerprint density at radius 2 is 1.82 bits per heavy atom. The van der Waals surface area contributed by atoms with E-state index in [2.05, 4.69) is 5.32 Å². The summed E-state index contributed by atoms with van der Waals surface area (Å²) in [4.78, 5) is 26.3. The zero-order valence-corrected chi connectivity index (χ0v) is 18.5. The van der Waals surface area contributed by atoms with Gasteiger partial charge in [0.25, 0.3) is 5.56 Å². The molecule has 4 heterocycles. The van der Waals surface area contributed by atoms with E-state index >= 15 is 0 Å². The van der Waals surface area contributed by atoms with E-state index in [1.165, 1.54) is 12.1 Å². The number of halogens is 1. The summed E-state index contributed by atoms with van der Waals surface area (Å²) in [5.41, 5.74) is 1.89. The quantitative estimate of drug-likeness (QED) is 0.564. The van der Waals surface area contributed by atoms with Crippen LogP contribution in [0.25, 0.3) is 10.9 Å². The number of aromatic nitrogens is 1. The van der Waals surface area contributed by atoms with E-state index < -0.39 is 0 Å². The molecule has 3 aliphatic rings. The van der Waals surface area contributed by atoms with Crippen LogP contribution >= 0.6 is 0 Å². The van der Waals surface area contributed by atoms with E-state index in [0.29, 0.717) is 74.1 Å². The largest absolute Gasteiger partial charge is 0.486 e. The number of benzene rings is 2. The lowest BCUT2D eigenvalue weighted by atomic mass is 9.99. The molecule has 1 saturated heterocycles. The molecular weight excluding hydrogens is 441 g/mol. The van der Waals surface area contributed by atoms with Crippen LogP contribution in [0.15, 0.2) is 47.3 Å². The lowest BCUT2D eigenvalue weighted by Crippen LogP contribution is -2.28. The number of hydrogen-bond acceptors (Lipinski definition) is 6. The highest BCUT2D eigenvalue weighted by Gasteiger charge is 2.33. The maximum Gasteiger partial charge on any atom is 0.414 e. The summed E-state index contributed by atoms with van der Waals surface area (Å²) < 4.78 is 33.0. The Kier molecular flexibility index (Phi) is 5.13. The number of ether oxygens (including phenoxy) is 3. The Bertz CT molecular complexity index is 1340. The van der Waals surface area contributed by atoms with Crippen molar-refractivity contribution in [2.45, 2.75) is 25.0 Å². The minimum Gasteiger partial charge on any atom is -0.486 e. The van der Waals surface area contributed by atoms with Gasteiger partial charge in [-0.15, -0.1) is 0 Å². The van der Waals surface area contributed by atoms with Gasteiger partial charge in [-0.2, -0.15) is 0 Å². The van der Waals surface area contributed by atoms with Crippen molar-refractivity contribution >= 4 is 22.7 Å². The maximum atomic E-state index is 14.6. The summed E-state index contributed by atoms with van der Waals surface area (Å²) in [6.45, 7) is 3.02. The van der Waals surface area contributed by atoms with Crippen LogP contribution in [0.4, 0.5) is 14.9 Å². The molecule has 0 spiro atoms. The first kappa shape index (κ1) is 21.0. The number of nitrogens with one attached hydrogen (secondary N) is 1. The number of cyclic esters (lactones) is 1. The van der Waals surface area contributed by atoms with Crippen molar-refractivity contribution < 1.29 is 23.4 Å². The van der Waals surface area contributed by atoms with Gasteiger partial charge in [-0.25, -0.2) is 9.18 Å². The molecule has 3 aromatic rings. The van der Waals surface area contributed by atoms with Gasteiger partial charge in [0.2, 0.25) is 0 Å². The van der Waals surface area contributed by atoms with Crippen LogP contribution in [0, 0.1) is 5.82 Å². The molecule has 0 bridgehead atoms. The van der Waals surface area contributed by atoms with E-state index in [0.717, 1.165) is 5.39 Å². The fourth-order valence-corrected chi connectivity index (χ4v) is 5.07. The van der Waals surface area contributed by atoms with Crippen LogP contribution in [0.1, 0.15) is 17.9 Å². The Morgan fingerprint density at radius 1 is 1.00 bits per heavy atom. The summed E-state index contributed by atoms with van der Waals surface area (Å²) in [5.74, 6) is 0.891. The molecule has 3 aliphatic heterocycles. The Labute approximate surface area is 194 Å². The summed E-state index contributed by atoms with van der Waals surface area (Å²) in [7, 11) is 0. The number of hydrogen-bond donors (Lipinski definition) is 1. The van der Waals surface area contributed by atoms with Gasteiger partial charge in [0.15, 0.2) is 11.5 Å². The van der Waals surface area contributed by atoms with Gasteiger partial charge in [0.05, 0.1) is 17.7 Å². The van der Waals surface area contributed by atoms with Gasteiger partial charge < -0.3 is 24.1 Å². The number of anilines is 1. The van der Waals surface area contributed by atoms with Crippen LogP contribution in [0.2, 0.25) is 0 Å². The first-order chi connectivity index (χ1) is 16.6. The predicted molar refractivity (Wildman–Crippen MR) is 123 cm³/mol. The molecule has 1 fully saturated rings. The zero-order chi connectivity index (χ0) is 23.2. The third kappa shape index (κ3) is 3.56. The first-order valence-corrected chi connectivity index (χ1v) is 11.5. The molecule has 0 radical (unpaired) electrons. The summed E-state index contributed by atoms with van der Waals surface area (Å²) >= 11 is 0. The minimum absolute atomic E-state index is 0.112. The van der Waals surface area contributed by atoms with E-state index in [1.54, 1.807) is 33.7 Å². The summed E-state index contributed by atoms with van der Waals surface area (Å²) in [6.07, 6.45) is -0.0168. The molecule has 1 N–H and O–H groups in total. The van der Waals surface area contributed by atoms with E-state index in [-0.39, 0.29) is 29.5 Å². The molecule has 2 atom stereocenters. The molecule has 9 heteroatoms. The Balaban J connectivity index is 1.06. The number of carbonyl (C=O) groups excluding carboxylic acids is 1. The molecule has 0 saturated carbocycles. The fraction of sp³-hybridized carbons (Fsp3) is 0.360. The topological polar surface area (TPSA) is 82.0 Å². The number of rotatable bonds is 6. The van der Waals surface area contributed by atoms with E-state index in [4.69, 9.17) is 14.2 Å². The molecule has 1 aromatic heterocycles. The second kappa shape index (κ2) is 8.32. The second-order valence-corrected chi connectivity index (χ2v) is 8.82. The lowest BCUT2D eigenvalue weighted by molar-refractivity contribution is 0.136. The molecule has 2 aromatic carbocycles. The number of nitrogens with zero attached hydrogens (tertiary/aromatic N) is 2. The number of fused-ring (bicyclic) bond motifs is 1. The highest BCUT2D eigenvalue weighted by Crippen LogP contribution is 2.36. The molecule has 1 unspecified atom stereocenters. The smallest absolute Gasteiger partial charge is 0.414 e. The van der Waals surface area contributed by atoms with Crippen LogP contribution in [0.5, 0.6) is 11.5 Å². The number of pyridine rings is 1. The maximum absolute atomic E-state index is 14.6. The SMILES string of the molecule is O=C1O[C@@H](CCNCC2Cn3c(=O)ccc4ccc(F)c2c43)CN1c1ccc2c(c1)OCCO2. The minimum atomic E-state index is -0.388. The molecular formula is C25H24FN3O5. The molecule has 8 nitrogen and oxygen atoms in total. The van der Waals surface area contributed by atoms with Crippen molar-refractivity contribution in [3.8, 4) is 11.5 Å². The van der Waals surface area contributed by atoms with Crippen LogP contribution in [-0.2, 0) is 11.3 Å². The summed E-state index contributed by atoms with van der Waals surface area (Å²) in [5, 5.41) is 4.23. The number of amides is 1. The lowest BCUT2D eigenvalue weighted by Gasteiger charge is -2.21. The molecule has 34 heavy (non-hydrogen) atoms. The molecule has 0 aliphatic carbocycles. The molecule has 1 amide bonds. The van der Waals surface area contributed by atoms with Gasteiger partial charge >= 0.3 is 6.09 Å².